The van der Waals surface area contributed by atoms with Crippen LogP contribution in [0.3, 0.4) is 0 Å². The van der Waals surface area contributed by atoms with Gasteiger partial charge in [0.25, 0.3) is 10.0 Å². The van der Waals surface area contributed by atoms with Gasteiger partial charge in [-0.3, -0.25) is 0 Å². The quantitative estimate of drug-likeness (QED) is 0.899. The first kappa shape index (κ1) is 15.8. The van der Waals surface area contributed by atoms with Crippen LogP contribution in [-0.2, 0) is 10.0 Å². The van der Waals surface area contributed by atoms with E-state index in [1.165, 1.54) is 15.6 Å². The third-order valence-electron chi connectivity index (χ3n) is 3.84. The number of rotatable bonds is 5. The van der Waals surface area contributed by atoms with Gasteiger partial charge in [0.05, 0.1) is 0 Å². The van der Waals surface area contributed by atoms with E-state index in [4.69, 9.17) is 5.73 Å². The van der Waals surface area contributed by atoms with Crippen molar-refractivity contribution in [2.45, 2.75) is 36.4 Å². The number of piperidine rings is 1. The van der Waals surface area contributed by atoms with E-state index in [1.54, 1.807) is 18.5 Å². The van der Waals surface area contributed by atoms with Crippen LogP contribution in [0.2, 0.25) is 0 Å². The van der Waals surface area contributed by atoms with Crippen molar-refractivity contribution in [3.05, 3.63) is 11.4 Å². The minimum atomic E-state index is -3.39. The molecule has 0 atom stereocenters. The van der Waals surface area contributed by atoms with Crippen molar-refractivity contribution in [1.82, 2.24) is 9.21 Å². The molecule has 1 aliphatic heterocycles. The molecule has 0 spiro atoms. The molecule has 20 heavy (non-hydrogen) atoms. The normalized spacial score (nSPS) is 18.8. The zero-order chi connectivity index (χ0) is 14.8. The first-order chi connectivity index (χ1) is 9.45. The first-order valence-electron chi connectivity index (χ1n) is 6.99. The van der Waals surface area contributed by atoms with Gasteiger partial charge in [-0.15, -0.1) is 11.3 Å². The molecule has 0 aliphatic carbocycles. The SMILES string of the molecule is CCCN1CCC(N(C)S(=O)(=O)c2cc(N)cs2)CC1. The van der Waals surface area contributed by atoms with Crippen LogP contribution < -0.4 is 5.73 Å². The minimum Gasteiger partial charge on any atom is -0.398 e. The van der Waals surface area contributed by atoms with Gasteiger partial charge in [-0.1, -0.05) is 6.92 Å². The molecule has 2 rings (SSSR count). The van der Waals surface area contributed by atoms with Crippen LogP contribution >= 0.6 is 11.3 Å². The van der Waals surface area contributed by atoms with E-state index in [-0.39, 0.29) is 6.04 Å². The lowest BCUT2D eigenvalue weighted by Crippen LogP contribution is -2.45. The third-order valence-corrected chi connectivity index (χ3v) is 7.18. The second-order valence-corrected chi connectivity index (χ2v) is 8.43. The summed E-state index contributed by atoms with van der Waals surface area (Å²) >= 11 is 1.19. The van der Waals surface area contributed by atoms with E-state index in [1.807, 2.05) is 0 Å². The Balaban J connectivity index is 2.03. The summed E-state index contributed by atoms with van der Waals surface area (Å²) in [5, 5.41) is 1.67. The molecule has 0 radical (unpaired) electrons. The highest BCUT2D eigenvalue weighted by Crippen LogP contribution is 2.28. The second-order valence-electron chi connectivity index (χ2n) is 5.29. The monoisotopic (exact) mass is 317 g/mol. The van der Waals surface area contributed by atoms with E-state index in [9.17, 15) is 8.42 Å². The molecule has 5 nitrogen and oxygen atoms in total. The summed E-state index contributed by atoms with van der Waals surface area (Å²) in [7, 11) is -1.71. The van der Waals surface area contributed by atoms with Gasteiger partial charge >= 0.3 is 0 Å². The molecule has 0 amide bonds. The zero-order valence-electron chi connectivity index (χ0n) is 12.1. The van der Waals surface area contributed by atoms with E-state index in [0.717, 1.165) is 38.9 Å². The summed E-state index contributed by atoms with van der Waals surface area (Å²) in [6, 6.07) is 1.64. The van der Waals surface area contributed by atoms with Gasteiger partial charge in [0.15, 0.2) is 0 Å². The van der Waals surface area contributed by atoms with Crippen molar-refractivity contribution in [3.63, 3.8) is 0 Å². The molecule has 2 N–H and O–H groups in total. The van der Waals surface area contributed by atoms with Crippen LogP contribution in [-0.4, -0.2) is 50.3 Å². The Labute approximate surface area is 125 Å². The van der Waals surface area contributed by atoms with Crippen molar-refractivity contribution < 1.29 is 8.42 Å². The predicted octanol–water partition coefficient (Wildman–Crippen LogP) is 1.83. The fourth-order valence-corrected chi connectivity index (χ4v) is 5.31. The maximum atomic E-state index is 12.5. The Kier molecular flexibility index (Phi) is 5.06. The van der Waals surface area contributed by atoms with Gasteiger partial charge in [-0.05, 0) is 45.0 Å². The van der Waals surface area contributed by atoms with Crippen LogP contribution in [0.4, 0.5) is 5.69 Å². The zero-order valence-corrected chi connectivity index (χ0v) is 13.7. The highest BCUT2D eigenvalue weighted by molar-refractivity contribution is 7.91. The van der Waals surface area contributed by atoms with Gasteiger partial charge in [0.1, 0.15) is 4.21 Å². The lowest BCUT2D eigenvalue weighted by Gasteiger charge is -2.35. The maximum Gasteiger partial charge on any atom is 0.252 e. The van der Waals surface area contributed by atoms with Crippen molar-refractivity contribution in [3.8, 4) is 0 Å². The number of hydrogen-bond donors (Lipinski definition) is 1. The highest BCUT2D eigenvalue weighted by Gasteiger charge is 2.31. The maximum absolute atomic E-state index is 12.5. The lowest BCUT2D eigenvalue weighted by molar-refractivity contribution is 0.170. The van der Waals surface area contributed by atoms with Crippen molar-refractivity contribution in [1.29, 1.82) is 0 Å². The van der Waals surface area contributed by atoms with E-state index in [0.29, 0.717) is 9.90 Å². The minimum absolute atomic E-state index is 0.0939. The van der Waals surface area contributed by atoms with Crippen LogP contribution in [0.25, 0.3) is 0 Å². The number of nitrogen functional groups attached to an aromatic ring is 1. The molecular weight excluding hydrogens is 294 g/mol. The van der Waals surface area contributed by atoms with Gasteiger partial charge in [0, 0.05) is 24.2 Å². The van der Waals surface area contributed by atoms with Gasteiger partial charge in [0.2, 0.25) is 0 Å². The van der Waals surface area contributed by atoms with Crippen molar-refractivity contribution in [2.75, 3.05) is 32.4 Å². The molecule has 1 fully saturated rings. The van der Waals surface area contributed by atoms with Gasteiger partial charge in [-0.2, -0.15) is 4.31 Å². The molecule has 1 saturated heterocycles. The highest BCUT2D eigenvalue weighted by atomic mass is 32.2. The molecular formula is C13H23N3O2S2. The molecule has 2 heterocycles. The smallest absolute Gasteiger partial charge is 0.252 e. The fraction of sp³-hybridized carbons (Fsp3) is 0.692. The molecule has 0 aromatic carbocycles. The molecule has 0 unspecified atom stereocenters. The number of anilines is 1. The van der Waals surface area contributed by atoms with Crippen LogP contribution in [0.5, 0.6) is 0 Å². The van der Waals surface area contributed by atoms with Crippen LogP contribution in [0, 0.1) is 0 Å². The lowest BCUT2D eigenvalue weighted by atomic mass is 10.1. The Morgan fingerprint density at radius 2 is 2.10 bits per heavy atom. The Morgan fingerprint density at radius 1 is 1.45 bits per heavy atom. The summed E-state index contributed by atoms with van der Waals surface area (Å²) in [5.41, 5.74) is 6.14. The third kappa shape index (κ3) is 3.33. The Morgan fingerprint density at radius 3 is 2.60 bits per heavy atom. The second kappa shape index (κ2) is 6.43. The average molecular weight is 317 g/mol. The number of likely N-dealkylation sites (tertiary alicyclic amines) is 1. The fourth-order valence-electron chi connectivity index (χ4n) is 2.63. The van der Waals surface area contributed by atoms with Crippen molar-refractivity contribution in [2.24, 2.45) is 0 Å². The summed E-state index contributed by atoms with van der Waals surface area (Å²) < 4.78 is 26.9. The van der Waals surface area contributed by atoms with Crippen LogP contribution in [0.15, 0.2) is 15.7 Å². The van der Waals surface area contributed by atoms with E-state index < -0.39 is 10.0 Å². The Hall–Kier alpha value is -0.630. The molecule has 1 aromatic heterocycles. The Bertz CT molecular complexity index is 534. The number of hydrogen-bond acceptors (Lipinski definition) is 5. The molecule has 114 valence electrons. The first-order valence-corrected chi connectivity index (χ1v) is 9.31. The summed E-state index contributed by atoms with van der Waals surface area (Å²) in [6.45, 7) is 5.23. The average Bonchev–Trinajstić information content (AvgIpc) is 2.86. The van der Waals surface area contributed by atoms with Crippen LogP contribution in [0.1, 0.15) is 26.2 Å². The topological polar surface area (TPSA) is 66.6 Å². The number of nitrogens with zero attached hydrogens (tertiary/aromatic N) is 2. The number of sulfonamides is 1. The standard InChI is InChI=1S/C13H23N3O2S2/c1-3-6-16-7-4-12(5-8-16)15(2)20(17,18)13-9-11(14)10-19-13/h9-10,12H,3-8,14H2,1-2H3. The molecule has 1 aliphatic rings. The molecule has 0 saturated carbocycles. The summed E-state index contributed by atoms with van der Waals surface area (Å²) in [5.74, 6) is 0. The van der Waals surface area contributed by atoms with Gasteiger partial charge in [-0.25, -0.2) is 8.42 Å². The summed E-state index contributed by atoms with van der Waals surface area (Å²) in [6.07, 6.45) is 2.94. The predicted molar refractivity (Wildman–Crippen MR) is 83.4 cm³/mol. The molecule has 7 heteroatoms. The van der Waals surface area contributed by atoms with Gasteiger partial charge < -0.3 is 10.6 Å². The molecule has 1 aromatic rings. The largest absolute Gasteiger partial charge is 0.398 e. The van der Waals surface area contributed by atoms with E-state index >= 15 is 0 Å². The number of nitrogens with two attached hydrogens (primary N) is 1. The molecule has 0 bridgehead atoms. The number of thiophene rings is 1. The van der Waals surface area contributed by atoms with Crippen molar-refractivity contribution >= 4 is 27.0 Å². The summed E-state index contributed by atoms with van der Waals surface area (Å²) in [4.78, 5) is 2.40. The van der Waals surface area contributed by atoms with E-state index in [2.05, 4.69) is 11.8 Å².